The minimum Gasteiger partial charge on any atom is -0.393 e. The van der Waals surface area contributed by atoms with Gasteiger partial charge in [-0.2, -0.15) is 0 Å². The molecule has 0 amide bonds. The van der Waals surface area contributed by atoms with E-state index in [1.807, 2.05) is 0 Å². The second kappa shape index (κ2) is 3.44. The van der Waals surface area contributed by atoms with Crippen LogP contribution in [0, 0.1) is 17.3 Å². The summed E-state index contributed by atoms with van der Waals surface area (Å²) in [6.45, 7) is 5.95. The number of allylic oxidation sites excluding steroid dienone is 2. The van der Waals surface area contributed by atoms with E-state index in [1.54, 1.807) is 6.92 Å². The van der Waals surface area contributed by atoms with E-state index >= 15 is 0 Å². The van der Waals surface area contributed by atoms with Gasteiger partial charge in [-0.1, -0.05) is 19.9 Å². The van der Waals surface area contributed by atoms with Crippen molar-refractivity contribution in [1.29, 1.82) is 0 Å². The van der Waals surface area contributed by atoms with Gasteiger partial charge in [-0.3, -0.25) is 4.79 Å². The molecule has 4 atom stereocenters. The first-order chi connectivity index (χ1) is 6.95. The number of hydrogen-bond acceptors (Lipinski definition) is 2. The first-order valence-electron chi connectivity index (χ1n) is 5.86. The molecule has 0 aromatic rings. The Bertz CT molecular complexity index is 318. The normalized spacial score (nSPS) is 44.8. The molecule has 0 aliphatic heterocycles. The zero-order valence-corrected chi connectivity index (χ0v) is 9.79. The molecular formula is C13H20O2. The third kappa shape index (κ3) is 1.55. The second-order valence-electron chi connectivity index (χ2n) is 5.43. The van der Waals surface area contributed by atoms with Crippen molar-refractivity contribution in [1.82, 2.24) is 0 Å². The first-order valence-corrected chi connectivity index (χ1v) is 5.86. The van der Waals surface area contributed by atoms with Crippen molar-refractivity contribution in [2.24, 2.45) is 17.3 Å². The quantitative estimate of drug-likeness (QED) is 0.718. The summed E-state index contributed by atoms with van der Waals surface area (Å²) in [6, 6.07) is 0. The molecule has 1 fully saturated rings. The van der Waals surface area contributed by atoms with Crippen LogP contribution >= 0.6 is 0 Å². The number of aliphatic hydroxyl groups is 1. The van der Waals surface area contributed by atoms with Gasteiger partial charge in [-0.05, 0) is 49.0 Å². The van der Waals surface area contributed by atoms with Crippen LogP contribution in [0.5, 0.6) is 0 Å². The van der Waals surface area contributed by atoms with Gasteiger partial charge in [0.2, 0.25) is 0 Å². The molecule has 0 saturated heterocycles. The summed E-state index contributed by atoms with van der Waals surface area (Å²) < 4.78 is 0. The van der Waals surface area contributed by atoms with Crippen molar-refractivity contribution in [3.8, 4) is 0 Å². The molecule has 1 unspecified atom stereocenters. The fraction of sp³-hybridized carbons (Fsp3) is 0.769. The Morgan fingerprint density at radius 1 is 1.53 bits per heavy atom. The highest BCUT2D eigenvalue weighted by molar-refractivity contribution is 5.94. The fourth-order valence-electron chi connectivity index (χ4n) is 3.24. The molecule has 0 aromatic carbocycles. The Morgan fingerprint density at radius 3 is 2.80 bits per heavy atom. The largest absolute Gasteiger partial charge is 0.393 e. The van der Waals surface area contributed by atoms with Crippen molar-refractivity contribution >= 4 is 5.78 Å². The topological polar surface area (TPSA) is 37.3 Å². The van der Waals surface area contributed by atoms with Crippen LogP contribution in [0.1, 0.15) is 40.0 Å². The molecule has 0 radical (unpaired) electrons. The Balaban J connectivity index is 2.31. The van der Waals surface area contributed by atoms with Crippen molar-refractivity contribution < 1.29 is 9.90 Å². The zero-order valence-electron chi connectivity index (χ0n) is 9.79. The highest BCUT2D eigenvalue weighted by Gasteiger charge is 2.48. The summed E-state index contributed by atoms with van der Waals surface area (Å²) in [5.41, 5.74) is 1.02. The number of hydrogen-bond donors (Lipinski definition) is 1. The smallest absolute Gasteiger partial charge is 0.155 e. The minimum absolute atomic E-state index is 0.0403. The Hall–Kier alpha value is -0.630. The molecule has 2 nitrogen and oxygen atoms in total. The monoisotopic (exact) mass is 208 g/mol. The maximum atomic E-state index is 11.4. The minimum atomic E-state index is -0.200. The molecule has 0 bridgehead atoms. The number of aliphatic hydroxyl groups excluding tert-OH is 1. The van der Waals surface area contributed by atoms with Gasteiger partial charge in [-0.25, -0.2) is 0 Å². The van der Waals surface area contributed by atoms with Gasteiger partial charge >= 0.3 is 0 Å². The third-order valence-corrected chi connectivity index (χ3v) is 4.65. The summed E-state index contributed by atoms with van der Waals surface area (Å²) in [7, 11) is 0. The lowest BCUT2D eigenvalue weighted by Crippen LogP contribution is -2.41. The Kier molecular flexibility index (Phi) is 2.50. The summed E-state index contributed by atoms with van der Waals surface area (Å²) >= 11 is 0. The predicted molar refractivity (Wildman–Crippen MR) is 59.4 cm³/mol. The molecular weight excluding hydrogens is 188 g/mol. The lowest BCUT2D eigenvalue weighted by atomic mass is 9.62. The summed E-state index contributed by atoms with van der Waals surface area (Å²) in [5, 5.41) is 9.90. The Morgan fingerprint density at radius 2 is 2.20 bits per heavy atom. The number of carbonyl (C=O) groups is 1. The second-order valence-corrected chi connectivity index (χ2v) is 5.43. The molecule has 84 valence electrons. The average Bonchev–Trinajstić information content (AvgIpc) is 2.52. The van der Waals surface area contributed by atoms with Crippen LogP contribution in [0.25, 0.3) is 0 Å². The van der Waals surface area contributed by atoms with Crippen LogP contribution in [0.2, 0.25) is 0 Å². The number of rotatable bonds is 1. The van der Waals surface area contributed by atoms with Gasteiger partial charge in [0, 0.05) is 0 Å². The Labute approximate surface area is 91.4 Å². The lowest BCUT2D eigenvalue weighted by Gasteiger charge is -2.44. The molecule has 1 saturated carbocycles. The maximum Gasteiger partial charge on any atom is 0.155 e. The molecule has 2 heteroatoms. The SMILES string of the molecule is CC(=O)C1=C[C@@]2(C)[C@H](CCC(O)[C@@H]2C)C1. The van der Waals surface area contributed by atoms with Gasteiger partial charge in [-0.15, -0.1) is 0 Å². The van der Waals surface area contributed by atoms with Crippen molar-refractivity contribution in [2.75, 3.05) is 0 Å². The molecule has 2 aliphatic rings. The van der Waals surface area contributed by atoms with Crippen LogP contribution < -0.4 is 0 Å². The molecule has 0 heterocycles. The predicted octanol–water partition coefficient (Wildman–Crippen LogP) is 2.32. The molecule has 2 aliphatic carbocycles. The van der Waals surface area contributed by atoms with E-state index in [1.165, 1.54) is 0 Å². The number of Topliss-reactive ketones (excluding diaryl/α,β-unsaturated/α-hetero) is 1. The lowest BCUT2D eigenvalue weighted by molar-refractivity contribution is -0.113. The molecule has 15 heavy (non-hydrogen) atoms. The van der Waals surface area contributed by atoms with Crippen molar-refractivity contribution in [3.05, 3.63) is 11.6 Å². The van der Waals surface area contributed by atoms with Crippen LogP contribution in [0.4, 0.5) is 0 Å². The van der Waals surface area contributed by atoms with Gasteiger partial charge < -0.3 is 5.11 Å². The van der Waals surface area contributed by atoms with Gasteiger partial charge in [0.25, 0.3) is 0 Å². The van der Waals surface area contributed by atoms with Gasteiger partial charge in [0.1, 0.15) is 0 Å². The van der Waals surface area contributed by atoms with Crippen LogP contribution in [0.15, 0.2) is 11.6 Å². The van der Waals surface area contributed by atoms with Gasteiger partial charge in [0.05, 0.1) is 6.10 Å². The van der Waals surface area contributed by atoms with E-state index in [2.05, 4.69) is 19.9 Å². The fourth-order valence-corrected chi connectivity index (χ4v) is 3.24. The van der Waals surface area contributed by atoms with E-state index < -0.39 is 0 Å². The molecule has 0 spiro atoms. The standard InChI is InChI=1S/C13H20O2/c1-8-12(15)5-4-11-6-10(9(2)14)7-13(8,11)3/h7-8,11-12,15H,4-6H2,1-3H3/t8-,11+,12?,13+/m0/s1. The highest BCUT2D eigenvalue weighted by atomic mass is 16.3. The van der Waals surface area contributed by atoms with Crippen molar-refractivity contribution in [2.45, 2.75) is 46.1 Å². The van der Waals surface area contributed by atoms with Crippen LogP contribution in [-0.2, 0) is 4.79 Å². The zero-order chi connectivity index (χ0) is 11.2. The van der Waals surface area contributed by atoms with Crippen LogP contribution in [0.3, 0.4) is 0 Å². The number of fused-ring (bicyclic) bond motifs is 1. The van der Waals surface area contributed by atoms with E-state index in [0.717, 1.165) is 24.8 Å². The molecule has 2 rings (SSSR count). The number of carbonyl (C=O) groups excluding carboxylic acids is 1. The molecule has 0 aromatic heterocycles. The van der Waals surface area contributed by atoms with E-state index in [4.69, 9.17) is 0 Å². The van der Waals surface area contributed by atoms with E-state index in [-0.39, 0.29) is 23.2 Å². The summed E-state index contributed by atoms with van der Waals surface area (Å²) in [4.78, 5) is 11.4. The first kappa shape index (κ1) is 10.9. The summed E-state index contributed by atoms with van der Waals surface area (Å²) in [5.74, 6) is 1.04. The van der Waals surface area contributed by atoms with Crippen molar-refractivity contribution in [3.63, 3.8) is 0 Å². The van der Waals surface area contributed by atoms with E-state index in [9.17, 15) is 9.90 Å². The van der Waals surface area contributed by atoms with Gasteiger partial charge in [0.15, 0.2) is 5.78 Å². The number of ketones is 1. The summed E-state index contributed by atoms with van der Waals surface area (Å²) in [6.07, 6.45) is 4.79. The van der Waals surface area contributed by atoms with E-state index in [0.29, 0.717) is 5.92 Å². The average molecular weight is 208 g/mol. The maximum absolute atomic E-state index is 11.4. The van der Waals surface area contributed by atoms with Crippen LogP contribution in [-0.4, -0.2) is 17.0 Å². The molecule has 1 N–H and O–H groups in total. The third-order valence-electron chi connectivity index (χ3n) is 4.65. The highest BCUT2D eigenvalue weighted by Crippen LogP contribution is 2.53.